The fourth-order valence-electron chi connectivity index (χ4n) is 4.62. The summed E-state index contributed by atoms with van der Waals surface area (Å²) in [6.45, 7) is 1.82. The lowest BCUT2D eigenvalue weighted by molar-refractivity contribution is -0.274. The molecule has 1 aliphatic carbocycles. The number of amides is 4. The van der Waals surface area contributed by atoms with Crippen LogP contribution >= 0.6 is 0 Å². The molecule has 1 aromatic heterocycles. The maximum atomic E-state index is 13.7. The number of methoxy groups -OCH3 is 1. The van der Waals surface area contributed by atoms with Crippen LogP contribution in [0.15, 0.2) is 67.0 Å². The number of rotatable bonds is 6. The Balaban J connectivity index is 1.46. The lowest BCUT2D eigenvalue weighted by Crippen LogP contribution is -2.39. The molecule has 196 valence electrons. The average molecular weight is 526 g/mol. The van der Waals surface area contributed by atoms with Gasteiger partial charge in [-0.3, -0.25) is 19.5 Å². The summed E-state index contributed by atoms with van der Waals surface area (Å²) in [5.41, 5.74) is -0.290. The Morgan fingerprint density at radius 2 is 1.68 bits per heavy atom. The molecule has 2 aromatic carbocycles. The molecule has 2 unspecified atom stereocenters. The van der Waals surface area contributed by atoms with Crippen molar-refractivity contribution >= 4 is 34.9 Å². The predicted molar refractivity (Wildman–Crippen MR) is 130 cm³/mol. The summed E-state index contributed by atoms with van der Waals surface area (Å²) in [5.74, 6) is -1.08. The number of hydrogen-bond donors (Lipinski definition) is 1. The number of carbonyl (C=O) groups excluding carboxylic acids is 3. The van der Waals surface area contributed by atoms with E-state index >= 15 is 0 Å². The van der Waals surface area contributed by atoms with E-state index in [0.29, 0.717) is 17.7 Å². The second-order valence-electron chi connectivity index (χ2n) is 8.91. The van der Waals surface area contributed by atoms with Gasteiger partial charge < -0.3 is 14.8 Å². The van der Waals surface area contributed by atoms with Crippen LogP contribution in [0.5, 0.6) is 11.5 Å². The third-order valence-corrected chi connectivity index (χ3v) is 6.60. The SMILES string of the molecule is COc1ccc(C(=O)Nc2cnccc2N2C(=O)N(c3ccc(OC(F)(F)F)cc3)C(=O)C23CC3C)cc1. The van der Waals surface area contributed by atoms with Crippen LogP contribution in [0.4, 0.5) is 35.0 Å². The number of benzene rings is 2. The number of imide groups is 1. The fourth-order valence-corrected chi connectivity index (χ4v) is 4.62. The Bertz CT molecular complexity index is 1410. The average Bonchev–Trinajstić information content (AvgIpc) is 3.50. The number of urea groups is 1. The summed E-state index contributed by atoms with van der Waals surface area (Å²) >= 11 is 0. The van der Waals surface area contributed by atoms with Crippen molar-refractivity contribution in [3.05, 3.63) is 72.6 Å². The maximum Gasteiger partial charge on any atom is 0.573 e. The number of ether oxygens (including phenoxy) is 2. The Labute approximate surface area is 214 Å². The van der Waals surface area contributed by atoms with E-state index in [0.717, 1.165) is 17.0 Å². The number of nitrogens with zero attached hydrogens (tertiary/aromatic N) is 3. The molecular formula is C26H21F3N4O5. The number of aromatic nitrogens is 1. The minimum Gasteiger partial charge on any atom is -0.497 e. The van der Waals surface area contributed by atoms with Crippen LogP contribution < -0.4 is 24.6 Å². The lowest BCUT2D eigenvalue weighted by atomic mass is 10.1. The number of halogens is 3. The maximum absolute atomic E-state index is 13.7. The van der Waals surface area contributed by atoms with E-state index in [4.69, 9.17) is 4.74 Å². The first kappa shape index (κ1) is 25.1. The smallest absolute Gasteiger partial charge is 0.497 e. The number of hydrogen-bond acceptors (Lipinski definition) is 6. The fraction of sp³-hybridized carbons (Fsp3) is 0.231. The lowest BCUT2D eigenvalue weighted by Gasteiger charge is -2.24. The van der Waals surface area contributed by atoms with Gasteiger partial charge in [0.2, 0.25) is 0 Å². The molecule has 0 radical (unpaired) electrons. The number of alkyl halides is 3. The van der Waals surface area contributed by atoms with Crippen LogP contribution in [0.2, 0.25) is 0 Å². The zero-order valence-electron chi connectivity index (χ0n) is 20.2. The molecule has 1 N–H and O–H groups in total. The summed E-state index contributed by atoms with van der Waals surface area (Å²) in [7, 11) is 1.51. The van der Waals surface area contributed by atoms with Crippen molar-refractivity contribution in [2.45, 2.75) is 25.2 Å². The van der Waals surface area contributed by atoms with Crippen LogP contribution in [0, 0.1) is 5.92 Å². The number of nitrogens with one attached hydrogen (secondary N) is 1. The molecule has 3 aromatic rings. The Hall–Kier alpha value is -4.61. The van der Waals surface area contributed by atoms with Crippen molar-refractivity contribution in [1.82, 2.24) is 4.98 Å². The van der Waals surface area contributed by atoms with Gasteiger partial charge >= 0.3 is 12.4 Å². The van der Waals surface area contributed by atoms with E-state index in [1.54, 1.807) is 24.3 Å². The molecule has 1 aliphatic heterocycles. The molecule has 12 heteroatoms. The first-order chi connectivity index (χ1) is 18.0. The number of carbonyl (C=O) groups is 3. The van der Waals surface area contributed by atoms with Gasteiger partial charge in [-0.15, -0.1) is 13.2 Å². The van der Waals surface area contributed by atoms with E-state index in [1.807, 2.05) is 6.92 Å². The summed E-state index contributed by atoms with van der Waals surface area (Å²) in [4.78, 5) is 46.5. The van der Waals surface area contributed by atoms with Crippen molar-refractivity contribution in [1.29, 1.82) is 0 Å². The molecule has 2 atom stereocenters. The molecule has 1 saturated heterocycles. The van der Waals surface area contributed by atoms with Crippen molar-refractivity contribution in [2.24, 2.45) is 5.92 Å². The molecular weight excluding hydrogens is 505 g/mol. The molecule has 2 heterocycles. The molecule has 2 aliphatic rings. The molecule has 9 nitrogen and oxygen atoms in total. The van der Waals surface area contributed by atoms with Gasteiger partial charge in [0.05, 0.1) is 30.4 Å². The topological polar surface area (TPSA) is 101 Å². The van der Waals surface area contributed by atoms with Gasteiger partial charge in [0.1, 0.15) is 17.0 Å². The Morgan fingerprint density at radius 3 is 2.26 bits per heavy atom. The van der Waals surface area contributed by atoms with Crippen LogP contribution in [0.3, 0.4) is 0 Å². The molecule has 0 bridgehead atoms. The van der Waals surface area contributed by atoms with E-state index in [2.05, 4.69) is 15.0 Å². The summed E-state index contributed by atoms with van der Waals surface area (Å²) in [6.07, 6.45) is -1.69. The number of pyridine rings is 1. The minimum atomic E-state index is -4.88. The van der Waals surface area contributed by atoms with Crippen LogP contribution in [0.1, 0.15) is 23.7 Å². The van der Waals surface area contributed by atoms with Crippen molar-refractivity contribution in [2.75, 3.05) is 22.2 Å². The normalized spacial score (nSPS) is 20.6. The van der Waals surface area contributed by atoms with Gasteiger partial charge in [-0.05, 0) is 66.9 Å². The minimum absolute atomic E-state index is 0.0911. The van der Waals surface area contributed by atoms with E-state index in [1.165, 1.54) is 42.6 Å². The monoisotopic (exact) mass is 526 g/mol. The number of anilines is 3. The molecule has 5 rings (SSSR count). The van der Waals surface area contributed by atoms with Gasteiger partial charge in [0, 0.05) is 11.8 Å². The zero-order valence-corrected chi connectivity index (χ0v) is 20.2. The molecule has 4 amide bonds. The van der Waals surface area contributed by atoms with Gasteiger partial charge in [-0.2, -0.15) is 0 Å². The quantitative estimate of drug-likeness (QED) is 0.454. The summed E-state index contributed by atoms with van der Waals surface area (Å²) < 4.78 is 46.6. The third kappa shape index (κ3) is 4.27. The zero-order chi connectivity index (χ0) is 27.2. The van der Waals surface area contributed by atoms with Crippen molar-refractivity contribution in [3.63, 3.8) is 0 Å². The Kier molecular flexibility index (Phi) is 5.97. The first-order valence-electron chi connectivity index (χ1n) is 11.5. The highest BCUT2D eigenvalue weighted by Gasteiger charge is 2.70. The van der Waals surface area contributed by atoms with Crippen molar-refractivity contribution in [3.8, 4) is 11.5 Å². The van der Waals surface area contributed by atoms with Gasteiger partial charge in [-0.25, -0.2) is 9.69 Å². The van der Waals surface area contributed by atoms with Gasteiger partial charge in [-0.1, -0.05) is 6.92 Å². The highest BCUT2D eigenvalue weighted by atomic mass is 19.4. The summed E-state index contributed by atoms with van der Waals surface area (Å²) in [5, 5.41) is 2.75. The van der Waals surface area contributed by atoms with E-state index < -0.39 is 35.5 Å². The van der Waals surface area contributed by atoms with Crippen LogP contribution in [-0.2, 0) is 4.79 Å². The molecule has 2 fully saturated rings. The standard InChI is InChI=1S/C26H21F3N4O5/c1-15-13-25(15)23(35)32(17-5-9-19(10-6-17)38-26(27,28)29)24(36)33(25)21-11-12-30-14-20(21)31-22(34)16-3-7-18(37-2)8-4-16/h3-12,14-15H,13H2,1-2H3,(H,31,34). The van der Waals surface area contributed by atoms with Gasteiger partial charge in [0.15, 0.2) is 0 Å². The Morgan fingerprint density at radius 1 is 1.05 bits per heavy atom. The van der Waals surface area contributed by atoms with E-state index in [-0.39, 0.29) is 23.0 Å². The second-order valence-corrected chi connectivity index (χ2v) is 8.91. The first-order valence-corrected chi connectivity index (χ1v) is 11.5. The third-order valence-electron chi connectivity index (χ3n) is 6.60. The predicted octanol–water partition coefficient (Wildman–Crippen LogP) is 4.99. The van der Waals surface area contributed by atoms with Crippen LogP contribution in [-0.4, -0.2) is 41.8 Å². The highest BCUT2D eigenvalue weighted by molar-refractivity contribution is 6.32. The second kappa shape index (κ2) is 9.05. The van der Waals surface area contributed by atoms with Crippen molar-refractivity contribution < 1.29 is 37.0 Å². The highest BCUT2D eigenvalue weighted by Crippen LogP contribution is 2.56. The largest absolute Gasteiger partial charge is 0.573 e. The molecule has 1 spiro atoms. The molecule has 38 heavy (non-hydrogen) atoms. The van der Waals surface area contributed by atoms with Crippen LogP contribution in [0.25, 0.3) is 0 Å². The van der Waals surface area contributed by atoms with Gasteiger partial charge in [0.25, 0.3) is 11.8 Å². The molecule has 1 saturated carbocycles. The van der Waals surface area contributed by atoms with E-state index in [9.17, 15) is 27.6 Å². The summed E-state index contributed by atoms with van der Waals surface area (Å²) in [6, 6.07) is 11.7.